The summed E-state index contributed by atoms with van der Waals surface area (Å²) in [4.78, 5) is 48.0. The number of aliphatic carboxylic acids is 1. The van der Waals surface area contributed by atoms with Crippen molar-refractivity contribution >= 4 is 57.2 Å². The maximum Gasteiger partial charge on any atom is 0.276 e. The van der Waals surface area contributed by atoms with E-state index in [1.165, 1.54) is 17.1 Å². The minimum Gasteiger partial charge on any atom is -0.543 e. The highest BCUT2D eigenvalue weighted by atomic mass is 32.2. The molecule has 3 aromatic rings. The topological polar surface area (TPSA) is 158 Å². The fraction of sp³-hybridized carbons (Fsp3) is 0.273. The molecule has 2 aliphatic heterocycles. The number of anilines is 1. The normalized spacial score (nSPS) is 19.5. The molecule has 0 bridgehead atoms. The molecule has 12 nitrogen and oxygen atoms in total. The number of amides is 2. The molecule has 0 spiro atoms. The van der Waals surface area contributed by atoms with Gasteiger partial charge in [0.2, 0.25) is 6.33 Å². The largest absolute Gasteiger partial charge is 0.543 e. The molecule has 0 aromatic carbocycles. The standard InChI is InChI=1S/C22H20FN7O5S2/c23-4-6-35-27-15(14-10-37-22(24)25-14)18(31)26-16-19(32)30-17(21(33)34)12(9-36-20(16)30)7-28-8-13-3-1-2-5-29(13)11-28/h1-3,5,8,10-11,16,20H,4,6-7,9H2,(H3-,24,25,26,31,33,34)/b27-15-/t16-,20+/m1/s1. The van der Waals surface area contributed by atoms with E-state index >= 15 is 0 Å². The predicted molar refractivity (Wildman–Crippen MR) is 130 cm³/mol. The number of hydrogen-bond acceptors (Lipinski definition) is 10. The number of fused-ring (bicyclic) bond motifs is 2. The van der Waals surface area contributed by atoms with Gasteiger partial charge < -0.3 is 25.8 Å². The van der Waals surface area contributed by atoms with Crippen molar-refractivity contribution in [3.8, 4) is 0 Å². The number of carbonyl (C=O) groups excluding carboxylic acids is 3. The Balaban J connectivity index is 1.34. The Bertz CT molecular complexity index is 1420. The summed E-state index contributed by atoms with van der Waals surface area (Å²) in [6.07, 6.45) is 5.57. The molecule has 2 aliphatic rings. The average molecular weight is 546 g/mol. The third-order valence-corrected chi connectivity index (χ3v) is 7.71. The van der Waals surface area contributed by atoms with Gasteiger partial charge in [0.05, 0.1) is 17.9 Å². The number of hydrogen-bond donors (Lipinski definition) is 2. The zero-order chi connectivity index (χ0) is 26.1. The summed E-state index contributed by atoms with van der Waals surface area (Å²) in [5.41, 5.74) is 6.71. The van der Waals surface area contributed by atoms with Crippen LogP contribution < -0.4 is 20.7 Å². The monoisotopic (exact) mass is 545 g/mol. The molecule has 192 valence electrons. The molecule has 2 amide bonds. The molecule has 0 unspecified atom stereocenters. The van der Waals surface area contributed by atoms with Gasteiger partial charge in [-0.15, -0.1) is 23.1 Å². The second kappa shape index (κ2) is 10.2. The Morgan fingerprint density at radius 1 is 1.41 bits per heavy atom. The number of aromatic nitrogens is 3. The number of nitrogens with zero attached hydrogens (tertiary/aromatic N) is 5. The van der Waals surface area contributed by atoms with Crippen molar-refractivity contribution in [3.05, 3.63) is 59.3 Å². The number of oxime groups is 1. The van der Waals surface area contributed by atoms with Gasteiger partial charge in [0.1, 0.15) is 43.1 Å². The zero-order valence-electron chi connectivity index (χ0n) is 19.1. The number of alkyl halides is 1. The van der Waals surface area contributed by atoms with E-state index in [1.807, 2.05) is 45.9 Å². The maximum absolute atomic E-state index is 13.0. The number of carbonyl (C=O) groups is 3. The first-order chi connectivity index (χ1) is 17.9. The molecule has 37 heavy (non-hydrogen) atoms. The number of nitrogens with one attached hydrogen (secondary N) is 1. The summed E-state index contributed by atoms with van der Waals surface area (Å²) in [5.74, 6) is -2.55. The minimum atomic E-state index is -1.47. The summed E-state index contributed by atoms with van der Waals surface area (Å²) >= 11 is 2.39. The van der Waals surface area contributed by atoms with Gasteiger partial charge in [-0.2, -0.15) is 0 Å². The molecule has 1 saturated heterocycles. The number of carboxylic acids is 1. The fourth-order valence-electron chi connectivity index (χ4n) is 4.10. The average Bonchev–Trinajstić information content (AvgIpc) is 3.50. The number of pyridine rings is 1. The number of imidazole rings is 1. The summed E-state index contributed by atoms with van der Waals surface area (Å²) < 4.78 is 16.2. The lowest BCUT2D eigenvalue weighted by atomic mass is 10.0. The van der Waals surface area contributed by atoms with Gasteiger partial charge in [0.15, 0.2) is 16.4 Å². The van der Waals surface area contributed by atoms with E-state index in [9.17, 15) is 23.9 Å². The van der Waals surface area contributed by atoms with Crippen LogP contribution in [0.25, 0.3) is 5.52 Å². The van der Waals surface area contributed by atoms with Crippen LogP contribution in [0, 0.1) is 0 Å². The smallest absolute Gasteiger partial charge is 0.276 e. The van der Waals surface area contributed by atoms with Gasteiger partial charge in [0.25, 0.3) is 11.8 Å². The quantitative estimate of drug-likeness (QED) is 0.115. The summed E-state index contributed by atoms with van der Waals surface area (Å²) in [6.45, 7) is -0.937. The maximum atomic E-state index is 13.0. The molecule has 0 radical (unpaired) electrons. The van der Waals surface area contributed by atoms with Gasteiger partial charge in [-0.1, -0.05) is 11.2 Å². The Labute approximate surface area is 217 Å². The Hall–Kier alpha value is -3.98. The number of thiazole rings is 1. The van der Waals surface area contributed by atoms with Crippen molar-refractivity contribution < 1.29 is 33.3 Å². The lowest BCUT2D eigenvalue weighted by molar-refractivity contribution is -0.687. The lowest BCUT2D eigenvalue weighted by Crippen LogP contribution is -2.71. The van der Waals surface area contributed by atoms with Crippen LogP contribution in [-0.2, 0) is 25.8 Å². The molecule has 2 atom stereocenters. The number of rotatable bonds is 9. The number of nitrogen functional groups attached to an aromatic ring is 1. The molecule has 5 heterocycles. The van der Waals surface area contributed by atoms with E-state index in [0.29, 0.717) is 11.3 Å². The Morgan fingerprint density at radius 2 is 2.24 bits per heavy atom. The second-order valence-corrected chi connectivity index (χ2v) is 10.1. The summed E-state index contributed by atoms with van der Waals surface area (Å²) in [7, 11) is 0. The van der Waals surface area contributed by atoms with E-state index in [0.717, 1.165) is 21.8 Å². The Kier molecular flexibility index (Phi) is 6.80. The molecule has 0 aliphatic carbocycles. The second-order valence-electron chi connectivity index (χ2n) is 8.08. The SMILES string of the molecule is Nc1nc(/C(=N/OCCF)C(=O)N[C@@H]2C(=O)N3C(C(=O)[O-])=C(C[n+]4cc5ccccn5c4)CS[C@@H]23)cs1. The van der Waals surface area contributed by atoms with Crippen molar-refractivity contribution in [1.82, 2.24) is 19.6 Å². The summed E-state index contributed by atoms with van der Waals surface area (Å²) in [5, 5.41) is 19.3. The highest BCUT2D eigenvalue weighted by Gasteiger charge is 2.53. The van der Waals surface area contributed by atoms with Crippen LogP contribution in [0.2, 0.25) is 0 Å². The van der Waals surface area contributed by atoms with Crippen LogP contribution in [0.4, 0.5) is 9.52 Å². The first kappa shape index (κ1) is 24.7. The first-order valence-corrected chi connectivity index (χ1v) is 12.9. The van der Waals surface area contributed by atoms with Crippen LogP contribution in [0.5, 0.6) is 0 Å². The number of β-lactam (4-membered cyclic amide) rings is 1. The lowest BCUT2D eigenvalue weighted by Gasteiger charge is -2.50. The van der Waals surface area contributed by atoms with Crippen LogP contribution in [0.15, 0.2) is 58.7 Å². The third-order valence-electron chi connectivity index (χ3n) is 5.70. The Morgan fingerprint density at radius 3 is 2.95 bits per heavy atom. The molecular weight excluding hydrogens is 525 g/mol. The molecule has 3 N–H and O–H groups in total. The van der Waals surface area contributed by atoms with Crippen molar-refractivity contribution in [2.24, 2.45) is 5.16 Å². The minimum absolute atomic E-state index is 0.105. The highest BCUT2D eigenvalue weighted by Crippen LogP contribution is 2.40. The van der Waals surface area contributed by atoms with Gasteiger partial charge in [-0.25, -0.2) is 18.3 Å². The number of nitrogens with two attached hydrogens (primary N) is 1. The highest BCUT2D eigenvalue weighted by molar-refractivity contribution is 8.00. The molecule has 1 fully saturated rings. The van der Waals surface area contributed by atoms with Crippen molar-refractivity contribution in [2.45, 2.75) is 18.0 Å². The molecule has 3 aromatic heterocycles. The van der Waals surface area contributed by atoms with Crippen LogP contribution in [0.1, 0.15) is 5.69 Å². The number of halogens is 1. The van der Waals surface area contributed by atoms with Gasteiger partial charge >= 0.3 is 0 Å². The first-order valence-electron chi connectivity index (χ1n) is 11.0. The van der Waals surface area contributed by atoms with Crippen molar-refractivity contribution in [2.75, 3.05) is 24.8 Å². The molecule has 15 heteroatoms. The van der Waals surface area contributed by atoms with Crippen LogP contribution in [0.3, 0.4) is 0 Å². The van der Waals surface area contributed by atoms with Crippen LogP contribution in [-0.4, -0.2) is 68.2 Å². The van der Waals surface area contributed by atoms with E-state index in [2.05, 4.69) is 15.5 Å². The van der Waals surface area contributed by atoms with Crippen molar-refractivity contribution in [3.63, 3.8) is 0 Å². The molecule has 5 rings (SSSR count). The number of carboxylic acid groups (broad SMARTS) is 1. The van der Waals surface area contributed by atoms with Crippen LogP contribution >= 0.6 is 23.1 Å². The van der Waals surface area contributed by atoms with E-state index in [-0.39, 0.29) is 35.4 Å². The fourth-order valence-corrected chi connectivity index (χ4v) is 5.98. The third kappa shape index (κ3) is 4.74. The zero-order valence-corrected chi connectivity index (χ0v) is 20.7. The van der Waals surface area contributed by atoms with E-state index in [1.54, 1.807) is 0 Å². The van der Waals surface area contributed by atoms with E-state index in [4.69, 9.17) is 10.6 Å². The predicted octanol–water partition coefficient (Wildman–Crippen LogP) is -0.940. The van der Waals surface area contributed by atoms with Crippen molar-refractivity contribution in [1.29, 1.82) is 0 Å². The van der Waals surface area contributed by atoms with Gasteiger partial charge in [-0.05, 0) is 12.1 Å². The molecular formula is C22H20FN7O5S2. The van der Waals surface area contributed by atoms with Gasteiger partial charge in [0, 0.05) is 16.7 Å². The number of thioether (sulfide) groups is 1. The van der Waals surface area contributed by atoms with E-state index < -0.39 is 35.9 Å². The summed E-state index contributed by atoms with van der Waals surface area (Å²) in [6, 6.07) is 4.68. The molecule has 0 saturated carbocycles. The van der Waals surface area contributed by atoms with Gasteiger partial charge in [-0.3, -0.25) is 14.5 Å².